The van der Waals surface area contributed by atoms with Crippen molar-refractivity contribution in [2.24, 2.45) is 5.92 Å². The third-order valence-electron chi connectivity index (χ3n) is 3.42. The lowest BCUT2D eigenvalue weighted by Gasteiger charge is -2.33. The number of thiol groups is 1. The summed E-state index contributed by atoms with van der Waals surface area (Å²) in [6, 6.07) is 18.4. The fraction of sp³-hybridized carbons (Fsp3) is 0.188. The molecule has 2 aromatic carbocycles. The van der Waals surface area contributed by atoms with Gasteiger partial charge in [-0.25, -0.2) is 0 Å². The predicted molar refractivity (Wildman–Crippen MR) is 79.0 cm³/mol. The minimum absolute atomic E-state index is 0.338. The molecule has 1 unspecified atom stereocenters. The molecule has 0 saturated heterocycles. The van der Waals surface area contributed by atoms with Crippen molar-refractivity contribution in [1.82, 2.24) is 0 Å². The Kier molecular flexibility index (Phi) is 4.08. The van der Waals surface area contributed by atoms with E-state index >= 15 is 0 Å². The van der Waals surface area contributed by atoms with Crippen LogP contribution in [-0.4, -0.2) is 10.2 Å². The van der Waals surface area contributed by atoms with Crippen LogP contribution in [0.3, 0.4) is 0 Å². The van der Waals surface area contributed by atoms with Crippen molar-refractivity contribution in [3.63, 3.8) is 0 Å². The van der Waals surface area contributed by atoms with Crippen LogP contribution < -0.4 is 0 Å². The van der Waals surface area contributed by atoms with E-state index in [4.69, 9.17) is 0 Å². The summed E-state index contributed by atoms with van der Waals surface area (Å²) in [5, 5.41) is 10.8. The van der Waals surface area contributed by atoms with Crippen molar-refractivity contribution in [3.05, 3.63) is 71.8 Å². The molecule has 0 radical (unpaired) electrons. The Morgan fingerprint density at radius 2 is 1.37 bits per heavy atom. The molecule has 2 aromatic rings. The zero-order valence-electron chi connectivity index (χ0n) is 10.7. The zero-order valence-corrected chi connectivity index (χ0v) is 11.5. The average molecular weight is 272 g/mol. The smallest absolute Gasteiger partial charge is 0.192 e. The number of carbonyl (C=O) groups is 1. The van der Waals surface area contributed by atoms with Crippen LogP contribution in [0.15, 0.2) is 60.7 Å². The quantitative estimate of drug-likeness (QED) is 0.840. The maximum Gasteiger partial charge on any atom is 0.192 e. The maximum absolute atomic E-state index is 11.6. The first-order valence-corrected chi connectivity index (χ1v) is 6.57. The minimum atomic E-state index is -1.36. The summed E-state index contributed by atoms with van der Waals surface area (Å²) in [6.07, 6.45) is 0. The van der Waals surface area contributed by atoms with E-state index in [9.17, 15) is 9.90 Å². The summed E-state index contributed by atoms with van der Waals surface area (Å²) in [7, 11) is 0. The maximum atomic E-state index is 11.6. The molecule has 0 aliphatic rings. The van der Waals surface area contributed by atoms with Crippen molar-refractivity contribution >= 4 is 17.7 Å². The molecule has 3 heteroatoms. The second-order valence-corrected chi connectivity index (χ2v) is 5.00. The second kappa shape index (κ2) is 5.59. The van der Waals surface area contributed by atoms with Gasteiger partial charge < -0.3 is 5.11 Å². The van der Waals surface area contributed by atoms with E-state index in [0.717, 1.165) is 0 Å². The molecule has 0 aliphatic heterocycles. The van der Waals surface area contributed by atoms with Gasteiger partial charge in [-0.1, -0.05) is 67.6 Å². The fourth-order valence-corrected chi connectivity index (χ4v) is 2.42. The van der Waals surface area contributed by atoms with Gasteiger partial charge in [0, 0.05) is 0 Å². The number of hydrogen-bond donors (Lipinski definition) is 2. The molecular weight excluding hydrogens is 256 g/mol. The monoisotopic (exact) mass is 272 g/mol. The fourth-order valence-electron chi connectivity index (χ4n) is 2.23. The largest absolute Gasteiger partial charge is 0.380 e. The van der Waals surface area contributed by atoms with Gasteiger partial charge in [0.05, 0.1) is 5.92 Å². The molecule has 19 heavy (non-hydrogen) atoms. The van der Waals surface area contributed by atoms with E-state index in [1.54, 1.807) is 6.92 Å². The summed E-state index contributed by atoms with van der Waals surface area (Å²) < 4.78 is 0. The molecule has 0 saturated carbocycles. The third kappa shape index (κ3) is 2.57. The van der Waals surface area contributed by atoms with Crippen LogP contribution in [0.4, 0.5) is 0 Å². The first-order valence-electron chi connectivity index (χ1n) is 6.13. The van der Waals surface area contributed by atoms with E-state index in [0.29, 0.717) is 11.1 Å². The summed E-state index contributed by atoms with van der Waals surface area (Å²) in [5.74, 6) is -0.638. The van der Waals surface area contributed by atoms with E-state index in [1.807, 2.05) is 60.7 Å². The highest BCUT2D eigenvalue weighted by molar-refractivity contribution is 7.96. The molecule has 2 nitrogen and oxygen atoms in total. The highest BCUT2D eigenvalue weighted by Crippen LogP contribution is 2.37. The summed E-state index contributed by atoms with van der Waals surface area (Å²) >= 11 is 3.89. The summed E-state index contributed by atoms with van der Waals surface area (Å²) in [4.78, 5) is 11.6. The first kappa shape index (κ1) is 13.8. The lowest BCUT2D eigenvalue weighted by Crippen LogP contribution is -2.37. The highest BCUT2D eigenvalue weighted by atomic mass is 32.1. The molecule has 1 atom stereocenters. The number of carbonyl (C=O) groups excluding carboxylic acids is 1. The lowest BCUT2D eigenvalue weighted by molar-refractivity contribution is -0.120. The Bertz CT molecular complexity index is 512. The van der Waals surface area contributed by atoms with Gasteiger partial charge in [0.25, 0.3) is 0 Å². The normalized spacial score (nSPS) is 13.0. The number of benzene rings is 2. The van der Waals surface area contributed by atoms with Crippen LogP contribution in [0.2, 0.25) is 0 Å². The van der Waals surface area contributed by atoms with Crippen molar-refractivity contribution < 1.29 is 9.90 Å². The Morgan fingerprint density at radius 1 is 1.00 bits per heavy atom. The second-order valence-electron chi connectivity index (χ2n) is 4.56. The van der Waals surface area contributed by atoms with Gasteiger partial charge >= 0.3 is 0 Å². The Morgan fingerprint density at radius 3 is 1.68 bits per heavy atom. The molecule has 0 spiro atoms. The SMILES string of the molecule is CC(C(=O)S)C(O)(c1ccccc1)c1ccccc1. The van der Waals surface area contributed by atoms with Gasteiger partial charge in [-0.3, -0.25) is 4.79 Å². The molecule has 0 heterocycles. The van der Waals surface area contributed by atoms with Crippen molar-refractivity contribution in [1.29, 1.82) is 0 Å². The van der Waals surface area contributed by atoms with Crippen LogP contribution in [-0.2, 0) is 10.4 Å². The highest BCUT2D eigenvalue weighted by Gasteiger charge is 2.40. The van der Waals surface area contributed by atoms with E-state index in [2.05, 4.69) is 12.6 Å². The van der Waals surface area contributed by atoms with Crippen LogP contribution in [0.25, 0.3) is 0 Å². The number of aliphatic hydroxyl groups is 1. The Labute approximate surface area is 118 Å². The zero-order chi connectivity index (χ0) is 13.9. The first-order chi connectivity index (χ1) is 9.06. The van der Waals surface area contributed by atoms with Crippen molar-refractivity contribution in [3.8, 4) is 0 Å². The molecule has 0 aromatic heterocycles. The van der Waals surface area contributed by atoms with Gasteiger partial charge in [-0.15, -0.1) is 12.6 Å². The molecule has 98 valence electrons. The third-order valence-corrected chi connectivity index (χ3v) is 3.81. The van der Waals surface area contributed by atoms with Gasteiger partial charge in [0.1, 0.15) is 5.60 Å². The molecule has 0 bridgehead atoms. The van der Waals surface area contributed by atoms with Crippen molar-refractivity contribution in [2.45, 2.75) is 12.5 Å². The molecule has 0 fully saturated rings. The van der Waals surface area contributed by atoms with Gasteiger partial charge in [-0.2, -0.15) is 0 Å². The number of hydrogen-bond acceptors (Lipinski definition) is 2. The standard InChI is InChI=1S/C16H16O2S/c1-12(15(17)19)16(18,13-8-4-2-5-9-13)14-10-6-3-7-11-14/h2-12,18H,1H3,(H,17,19). The minimum Gasteiger partial charge on any atom is -0.380 e. The van der Waals surface area contributed by atoms with E-state index < -0.39 is 11.5 Å². The molecule has 0 aliphatic carbocycles. The molecule has 2 rings (SSSR count). The molecule has 1 N–H and O–H groups in total. The van der Waals surface area contributed by atoms with Crippen LogP contribution in [0, 0.1) is 5.92 Å². The Balaban J connectivity index is 2.61. The van der Waals surface area contributed by atoms with E-state index in [-0.39, 0.29) is 5.12 Å². The van der Waals surface area contributed by atoms with Crippen LogP contribution in [0.1, 0.15) is 18.1 Å². The lowest BCUT2D eigenvalue weighted by atomic mass is 9.77. The van der Waals surface area contributed by atoms with Gasteiger partial charge in [-0.05, 0) is 11.1 Å². The van der Waals surface area contributed by atoms with Crippen molar-refractivity contribution in [2.75, 3.05) is 0 Å². The predicted octanol–water partition coefficient (Wildman–Crippen LogP) is 3.02. The molecular formula is C16H16O2S. The molecule has 0 amide bonds. The number of rotatable bonds is 4. The average Bonchev–Trinajstić information content (AvgIpc) is 2.47. The summed E-state index contributed by atoms with van der Waals surface area (Å²) in [6.45, 7) is 1.69. The van der Waals surface area contributed by atoms with E-state index in [1.165, 1.54) is 0 Å². The summed E-state index contributed by atoms with van der Waals surface area (Å²) in [5.41, 5.74) is 0.0219. The van der Waals surface area contributed by atoms with Gasteiger partial charge in [0.15, 0.2) is 5.12 Å². The van der Waals surface area contributed by atoms with Crippen LogP contribution >= 0.6 is 12.6 Å². The Hall–Kier alpha value is -1.58. The topological polar surface area (TPSA) is 37.3 Å². The van der Waals surface area contributed by atoms with Crippen LogP contribution in [0.5, 0.6) is 0 Å². The van der Waals surface area contributed by atoms with Gasteiger partial charge in [0.2, 0.25) is 0 Å².